The molecule has 1 saturated carbocycles. The van der Waals surface area contributed by atoms with Crippen LogP contribution in [0.4, 0.5) is 0 Å². The molecule has 0 atom stereocenters. The molecule has 0 unspecified atom stereocenters. The summed E-state index contributed by atoms with van der Waals surface area (Å²) in [5, 5.41) is 14.0. The summed E-state index contributed by atoms with van der Waals surface area (Å²) >= 11 is 1.27. The van der Waals surface area contributed by atoms with Crippen molar-refractivity contribution in [2.24, 2.45) is 0 Å². The highest BCUT2D eigenvalue weighted by Crippen LogP contribution is 2.20. The van der Waals surface area contributed by atoms with Crippen LogP contribution in [-0.2, 0) is 11.3 Å². The topological polar surface area (TPSA) is 58.6 Å². The van der Waals surface area contributed by atoms with Crippen LogP contribution in [-0.4, -0.2) is 30.3 Å². The van der Waals surface area contributed by atoms with E-state index in [-0.39, 0.29) is 0 Å². The predicted molar refractivity (Wildman–Crippen MR) is 71.2 cm³/mol. The summed E-state index contributed by atoms with van der Waals surface area (Å²) in [6.07, 6.45) is 5.40. The third-order valence-electron chi connectivity index (χ3n) is 3.19. The van der Waals surface area contributed by atoms with Gasteiger partial charge in [-0.1, -0.05) is 12.8 Å². The van der Waals surface area contributed by atoms with Gasteiger partial charge in [-0.25, -0.2) is 4.79 Å². The monoisotopic (exact) mass is 269 g/mol. The second kappa shape index (κ2) is 6.87. The van der Waals surface area contributed by atoms with Crippen molar-refractivity contribution in [2.45, 2.75) is 38.3 Å². The van der Waals surface area contributed by atoms with Gasteiger partial charge in [0.15, 0.2) is 0 Å². The van der Waals surface area contributed by atoms with E-state index < -0.39 is 5.97 Å². The molecule has 1 aliphatic carbocycles. The van der Waals surface area contributed by atoms with Gasteiger partial charge in [0.05, 0.1) is 12.7 Å². The summed E-state index contributed by atoms with van der Waals surface area (Å²) in [5.41, 5.74) is 0.855. The maximum absolute atomic E-state index is 10.9. The van der Waals surface area contributed by atoms with E-state index in [0.29, 0.717) is 24.1 Å². The Balaban J connectivity index is 1.62. The van der Waals surface area contributed by atoms with Crippen molar-refractivity contribution in [3.05, 3.63) is 21.9 Å². The van der Waals surface area contributed by atoms with Gasteiger partial charge in [0, 0.05) is 13.1 Å². The van der Waals surface area contributed by atoms with Crippen LogP contribution in [0.25, 0.3) is 0 Å². The van der Waals surface area contributed by atoms with Crippen LogP contribution in [0, 0.1) is 0 Å². The van der Waals surface area contributed by atoms with Crippen molar-refractivity contribution in [1.29, 1.82) is 0 Å². The zero-order valence-corrected chi connectivity index (χ0v) is 11.2. The lowest BCUT2D eigenvalue weighted by Gasteiger charge is -2.11. The first-order chi connectivity index (χ1) is 8.77. The Bertz CT molecular complexity index is 385. The summed E-state index contributed by atoms with van der Waals surface area (Å²) in [5.74, 6) is -0.844. The third kappa shape index (κ3) is 3.80. The fourth-order valence-electron chi connectivity index (χ4n) is 2.24. The van der Waals surface area contributed by atoms with Gasteiger partial charge in [-0.05, 0) is 29.9 Å². The molecule has 18 heavy (non-hydrogen) atoms. The molecule has 4 nitrogen and oxygen atoms in total. The first kappa shape index (κ1) is 13.5. The van der Waals surface area contributed by atoms with Gasteiger partial charge < -0.3 is 15.2 Å². The second-order valence-corrected chi connectivity index (χ2v) is 5.45. The number of thiophene rings is 1. The zero-order valence-electron chi connectivity index (χ0n) is 10.4. The molecule has 1 aliphatic rings. The summed E-state index contributed by atoms with van der Waals surface area (Å²) < 4.78 is 5.72. The van der Waals surface area contributed by atoms with Crippen LogP contribution < -0.4 is 5.32 Å². The molecule has 0 amide bonds. The minimum atomic E-state index is -0.844. The molecular weight excluding hydrogens is 250 g/mol. The molecule has 5 heteroatoms. The molecule has 1 aromatic rings. The molecule has 1 fully saturated rings. The van der Waals surface area contributed by atoms with Crippen molar-refractivity contribution >= 4 is 17.3 Å². The number of hydrogen-bond acceptors (Lipinski definition) is 4. The maximum atomic E-state index is 10.9. The molecule has 0 aromatic carbocycles. The van der Waals surface area contributed by atoms with Gasteiger partial charge in [-0.3, -0.25) is 0 Å². The molecule has 100 valence electrons. The summed E-state index contributed by atoms with van der Waals surface area (Å²) in [6.45, 7) is 2.07. The number of aromatic carboxylic acids is 1. The standard InChI is InChI=1S/C13H19NO3S/c15-13(16)12-10(5-8-18-12)9-14-6-7-17-11-3-1-2-4-11/h5,8,11,14H,1-4,6-7,9H2,(H,15,16). The van der Waals surface area contributed by atoms with Gasteiger partial charge in [0.2, 0.25) is 0 Å². The third-order valence-corrected chi connectivity index (χ3v) is 4.14. The van der Waals surface area contributed by atoms with Gasteiger partial charge in [-0.15, -0.1) is 11.3 Å². The van der Waals surface area contributed by atoms with Crippen molar-refractivity contribution in [3.8, 4) is 0 Å². The van der Waals surface area contributed by atoms with Gasteiger partial charge >= 0.3 is 5.97 Å². The van der Waals surface area contributed by atoms with E-state index in [0.717, 1.165) is 12.1 Å². The number of hydrogen-bond donors (Lipinski definition) is 2. The van der Waals surface area contributed by atoms with Gasteiger partial charge in [0.1, 0.15) is 4.88 Å². The fraction of sp³-hybridized carbons (Fsp3) is 0.615. The molecule has 2 rings (SSSR count). The number of carbonyl (C=O) groups is 1. The maximum Gasteiger partial charge on any atom is 0.346 e. The van der Waals surface area contributed by atoms with E-state index in [4.69, 9.17) is 9.84 Å². The molecule has 0 bridgehead atoms. The van der Waals surface area contributed by atoms with Crippen LogP contribution in [0.1, 0.15) is 40.9 Å². The number of carboxylic acids is 1. The SMILES string of the molecule is O=C(O)c1sccc1CNCCOC1CCCC1. The Kier molecular flexibility index (Phi) is 5.16. The first-order valence-electron chi connectivity index (χ1n) is 6.39. The van der Waals surface area contributed by atoms with E-state index in [1.807, 2.05) is 11.4 Å². The first-order valence-corrected chi connectivity index (χ1v) is 7.27. The van der Waals surface area contributed by atoms with E-state index in [9.17, 15) is 4.79 Å². The predicted octanol–water partition coefficient (Wildman–Crippen LogP) is 2.50. The Hall–Kier alpha value is -0.910. The summed E-state index contributed by atoms with van der Waals surface area (Å²) in [4.78, 5) is 11.3. The number of ether oxygens (including phenoxy) is 1. The van der Waals surface area contributed by atoms with Crippen LogP contribution in [0.5, 0.6) is 0 Å². The molecular formula is C13H19NO3S. The van der Waals surface area contributed by atoms with Gasteiger partial charge in [0.25, 0.3) is 0 Å². The van der Waals surface area contributed by atoms with Crippen molar-refractivity contribution in [1.82, 2.24) is 5.32 Å². The number of carboxylic acid groups (broad SMARTS) is 1. The van der Waals surface area contributed by atoms with E-state index in [1.54, 1.807) is 0 Å². The van der Waals surface area contributed by atoms with Crippen LogP contribution in [0.2, 0.25) is 0 Å². The zero-order chi connectivity index (χ0) is 12.8. The van der Waals surface area contributed by atoms with Crippen molar-refractivity contribution in [3.63, 3.8) is 0 Å². The highest BCUT2D eigenvalue weighted by molar-refractivity contribution is 7.12. The highest BCUT2D eigenvalue weighted by Gasteiger charge is 2.15. The normalized spacial score (nSPS) is 16.2. The molecule has 0 saturated heterocycles. The Morgan fingerprint density at radius 2 is 2.28 bits per heavy atom. The smallest absolute Gasteiger partial charge is 0.346 e. The van der Waals surface area contributed by atoms with Gasteiger partial charge in [-0.2, -0.15) is 0 Å². The molecule has 1 heterocycles. The molecule has 0 aliphatic heterocycles. The van der Waals surface area contributed by atoms with Crippen LogP contribution in [0.3, 0.4) is 0 Å². The number of rotatable bonds is 7. The molecule has 1 aromatic heterocycles. The van der Waals surface area contributed by atoms with Crippen molar-refractivity contribution < 1.29 is 14.6 Å². The highest BCUT2D eigenvalue weighted by atomic mass is 32.1. The lowest BCUT2D eigenvalue weighted by atomic mass is 10.2. The lowest BCUT2D eigenvalue weighted by Crippen LogP contribution is -2.22. The Morgan fingerprint density at radius 1 is 1.50 bits per heavy atom. The van der Waals surface area contributed by atoms with Crippen molar-refractivity contribution in [2.75, 3.05) is 13.2 Å². The van der Waals surface area contributed by atoms with E-state index in [2.05, 4.69) is 5.32 Å². The van der Waals surface area contributed by atoms with Crippen LogP contribution >= 0.6 is 11.3 Å². The minimum Gasteiger partial charge on any atom is -0.477 e. The average Bonchev–Trinajstić information content (AvgIpc) is 2.98. The van der Waals surface area contributed by atoms with E-state index >= 15 is 0 Å². The summed E-state index contributed by atoms with van der Waals surface area (Å²) in [6, 6.07) is 1.86. The van der Waals surface area contributed by atoms with Crippen LogP contribution in [0.15, 0.2) is 11.4 Å². The molecule has 0 spiro atoms. The van der Waals surface area contributed by atoms with E-state index in [1.165, 1.54) is 37.0 Å². The quantitative estimate of drug-likeness (QED) is 0.747. The number of nitrogens with one attached hydrogen (secondary N) is 1. The Morgan fingerprint density at radius 3 is 3.00 bits per heavy atom. The average molecular weight is 269 g/mol. The second-order valence-electron chi connectivity index (χ2n) is 4.53. The lowest BCUT2D eigenvalue weighted by molar-refractivity contribution is 0.0602. The summed E-state index contributed by atoms with van der Waals surface area (Å²) in [7, 11) is 0. The fourth-order valence-corrected chi connectivity index (χ4v) is 3.00. The largest absolute Gasteiger partial charge is 0.477 e. The molecule has 2 N–H and O–H groups in total. The molecule has 0 radical (unpaired) electrons. The Labute approximate surface area is 111 Å². The minimum absolute atomic E-state index is 0.430.